The molecule has 0 heterocycles. The maximum Gasteiger partial charge on any atom is 0.326 e. The number of nitrogens with one attached hydrogen (secondary N) is 1. The molecule has 1 aliphatic rings. The predicted octanol–water partition coefficient (Wildman–Crippen LogP) is 2.31. The minimum Gasteiger partial charge on any atom is -0.480 e. The molecule has 2 rings (SSSR count). The Morgan fingerprint density at radius 1 is 1.35 bits per heavy atom. The Balaban J connectivity index is 2.09. The van der Waals surface area contributed by atoms with Crippen molar-refractivity contribution in [3.63, 3.8) is 0 Å². The number of hydrogen-bond donors (Lipinski definition) is 2. The molecular formula is C15H20N2O3. The van der Waals surface area contributed by atoms with Gasteiger partial charge >= 0.3 is 12.0 Å². The van der Waals surface area contributed by atoms with Crippen LogP contribution in [0.25, 0.3) is 0 Å². The molecule has 108 valence electrons. The molecule has 5 heteroatoms. The normalized spacial score (nSPS) is 15.6. The molecule has 2 N–H and O–H groups in total. The number of carboxylic acid groups (broad SMARTS) is 1. The zero-order valence-electron chi connectivity index (χ0n) is 12.0. The number of aliphatic carboxylic acids is 1. The molecule has 0 bridgehead atoms. The Labute approximate surface area is 118 Å². The summed E-state index contributed by atoms with van der Waals surface area (Å²) in [5.41, 5.74) is 2.90. The number of amides is 2. The molecule has 0 aromatic heterocycles. The summed E-state index contributed by atoms with van der Waals surface area (Å²) in [7, 11) is 1.65. The number of aryl methyl sites for hydroxylation is 2. The minimum absolute atomic E-state index is 0.0731. The van der Waals surface area contributed by atoms with Crippen molar-refractivity contribution in [1.29, 1.82) is 0 Å². The smallest absolute Gasteiger partial charge is 0.326 e. The number of anilines is 1. The highest BCUT2D eigenvalue weighted by Gasteiger charge is 2.37. The van der Waals surface area contributed by atoms with Gasteiger partial charge in [-0.1, -0.05) is 17.7 Å². The summed E-state index contributed by atoms with van der Waals surface area (Å²) in [6.07, 6.45) is 1.73. The van der Waals surface area contributed by atoms with E-state index in [4.69, 9.17) is 5.11 Å². The number of carbonyl (C=O) groups excluding carboxylic acids is 1. The maximum absolute atomic E-state index is 12.2. The first-order valence-corrected chi connectivity index (χ1v) is 6.74. The van der Waals surface area contributed by atoms with Gasteiger partial charge in [0, 0.05) is 12.7 Å². The van der Waals surface area contributed by atoms with Crippen LogP contribution in [0.2, 0.25) is 0 Å². The van der Waals surface area contributed by atoms with Gasteiger partial charge in [-0.2, -0.15) is 0 Å². The zero-order chi connectivity index (χ0) is 14.9. The number of urea groups is 1. The molecular weight excluding hydrogens is 256 g/mol. The molecule has 0 spiro atoms. The van der Waals surface area contributed by atoms with Gasteiger partial charge in [-0.05, 0) is 44.2 Å². The Morgan fingerprint density at radius 2 is 2.00 bits per heavy atom. The van der Waals surface area contributed by atoms with Crippen LogP contribution in [0.4, 0.5) is 10.5 Å². The molecule has 1 saturated carbocycles. The van der Waals surface area contributed by atoms with Gasteiger partial charge in [-0.25, -0.2) is 9.59 Å². The first-order chi connectivity index (χ1) is 9.40. The lowest BCUT2D eigenvalue weighted by Crippen LogP contribution is -2.48. The lowest BCUT2D eigenvalue weighted by Gasteiger charge is -2.23. The lowest BCUT2D eigenvalue weighted by atomic mass is 10.1. The molecule has 0 saturated heterocycles. The van der Waals surface area contributed by atoms with Crippen LogP contribution in [0.15, 0.2) is 18.2 Å². The monoisotopic (exact) mass is 276 g/mol. The standard InChI is InChI=1S/C15H20N2O3/c1-9-4-7-12(10(2)8-9)17(3)15(20)16-13(14(18)19)11-5-6-11/h4,7-8,11,13H,5-6H2,1-3H3,(H,16,20)(H,18,19). The summed E-state index contributed by atoms with van der Waals surface area (Å²) in [4.78, 5) is 24.8. The minimum atomic E-state index is -0.963. The van der Waals surface area contributed by atoms with Crippen LogP contribution in [-0.2, 0) is 4.79 Å². The van der Waals surface area contributed by atoms with Gasteiger partial charge in [-0.3, -0.25) is 4.90 Å². The van der Waals surface area contributed by atoms with Crippen LogP contribution < -0.4 is 10.2 Å². The van der Waals surface area contributed by atoms with Crippen molar-refractivity contribution in [3.8, 4) is 0 Å². The molecule has 0 aliphatic heterocycles. The van der Waals surface area contributed by atoms with Gasteiger partial charge in [0.25, 0.3) is 0 Å². The molecule has 1 aromatic rings. The summed E-state index contributed by atoms with van der Waals surface area (Å²) in [6, 6.07) is 4.64. The molecule has 1 atom stereocenters. The largest absolute Gasteiger partial charge is 0.480 e. The van der Waals surface area contributed by atoms with E-state index in [0.29, 0.717) is 0 Å². The number of nitrogens with zero attached hydrogens (tertiary/aromatic N) is 1. The Bertz CT molecular complexity index is 538. The van der Waals surface area contributed by atoms with Crippen LogP contribution in [0, 0.1) is 19.8 Å². The van der Waals surface area contributed by atoms with Gasteiger partial charge < -0.3 is 10.4 Å². The highest BCUT2D eigenvalue weighted by Crippen LogP contribution is 2.33. The Hall–Kier alpha value is -2.04. The fourth-order valence-electron chi connectivity index (χ4n) is 2.33. The number of carbonyl (C=O) groups is 2. The van der Waals surface area contributed by atoms with Gasteiger partial charge in [0.05, 0.1) is 0 Å². The average molecular weight is 276 g/mol. The molecule has 5 nitrogen and oxygen atoms in total. The topological polar surface area (TPSA) is 69.6 Å². The van der Waals surface area contributed by atoms with Crippen LogP contribution in [0.1, 0.15) is 24.0 Å². The van der Waals surface area contributed by atoms with Gasteiger partial charge in [0.2, 0.25) is 0 Å². The van der Waals surface area contributed by atoms with Gasteiger partial charge in [0.15, 0.2) is 0 Å². The van der Waals surface area contributed by atoms with E-state index in [1.54, 1.807) is 7.05 Å². The van der Waals surface area contributed by atoms with E-state index >= 15 is 0 Å². The Morgan fingerprint density at radius 3 is 2.50 bits per heavy atom. The lowest BCUT2D eigenvalue weighted by molar-refractivity contribution is -0.139. The third-order valence-electron chi connectivity index (χ3n) is 3.66. The van der Waals surface area contributed by atoms with Crippen molar-refractivity contribution >= 4 is 17.7 Å². The van der Waals surface area contributed by atoms with Crippen molar-refractivity contribution in [2.75, 3.05) is 11.9 Å². The van der Waals surface area contributed by atoms with E-state index < -0.39 is 12.0 Å². The molecule has 1 aliphatic carbocycles. The SMILES string of the molecule is Cc1ccc(N(C)C(=O)NC(C(=O)O)C2CC2)c(C)c1. The van der Waals surface area contributed by atoms with E-state index in [1.165, 1.54) is 4.90 Å². The van der Waals surface area contributed by atoms with E-state index in [0.717, 1.165) is 29.7 Å². The number of benzene rings is 1. The van der Waals surface area contributed by atoms with Crippen LogP contribution >= 0.6 is 0 Å². The third kappa shape index (κ3) is 3.10. The summed E-state index contributed by atoms with van der Waals surface area (Å²) < 4.78 is 0. The van der Waals surface area contributed by atoms with Gasteiger partial charge in [-0.15, -0.1) is 0 Å². The van der Waals surface area contributed by atoms with Crippen molar-refractivity contribution in [2.24, 2.45) is 5.92 Å². The average Bonchev–Trinajstić information content (AvgIpc) is 3.18. The van der Waals surface area contributed by atoms with E-state index in [9.17, 15) is 9.59 Å². The molecule has 2 amide bonds. The Kier molecular flexibility index (Phi) is 3.97. The quantitative estimate of drug-likeness (QED) is 0.886. The van der Waals surface area contributed by atoms with Crippen molar-refractivity contribution in [3.05, 3.63) is 29.3 Å². The molecule has 1 fully saturated rings. The van der Waals surface area contributed by atoms with Crippen molar-refractivity contribution in [2.45, 2.75) is 32.7 Å². The van der Waals surface area contributed by atoms with Crippen LogP contribution in [0.3, 0.4) is 0 Å². The summed E-state index contributed by atoms with van der Waals surface area (Å²) >= 11 is 0. The van der Waals surface area contributed by atoms with E-state index in [2.05, 4.69) is 5.32 Å². The van der Waals surface area contributed by atoms with Crippen LogP contribution in [-0.4, -0.2) is 30.2 Å². The van der Waals surface area contributed by atoms with E-state index in [-0.39, 0.29) is 11.9 Å². The number of carboxylic acids is 1. The second-order valence-corrected chi connectivity index (χ2v) is 5.45. The summed E-state index contributed by atoms with van der Waals surface area (Å²) in [5.74, 6) is -0.890. The second kappa shape index (κ2) is 5.53. The van der Waals surface area contributed by atoms with Gasteiger partial charge in [0.1, 0.15) is 6.04 Å². The maximum atomic E-state index is 12.2. The summed E-state index contributed by atoms with van der Waals surface area (Å²) in [6.45, 7) is 3.92. The first kappa shape index (κ1) is 14.4. The zero-order valence-corrected chi connectivity index (χ0v) is 12.0. The molecule has 20 heavy (non-hydrogen) atoms. The number of rotatable bonds is 4. The fourth-order valence-corrected chi connectivity index (χ4v) is 2.33. The highest BCUT2D eigenvalue weighted by atomic mass is 16.4. The number of hydrogen-bond acceptors (Lipinski definition) is 2. The van der Waals surface area contributed by atoms with Crippen LogP contribution in [0.5, 0.6) is 0 Å². The predicted molar refractivity (Wildman–Crippen MR) is 77.0 cm³/mol. The fraction of sp³-hybridized carbons (Fsp3) is 0.467. The molecule has 1 aromatic carbocycles. The molecule has 1 unspecified atom stereocenters. The first-order valence-electron chi connectivity index (χ1n) is 6.74. The van der Waals surface area contributed by atoms with E-state index in [1.807, 2.05) is 32.0 Å². The molecule has 0 radical (unpaired) electrons. The van der Waals surface area contributed by atoms with Crippen molar-refractivity contribution < 1.29 is 14.7 Å². The summed E-state index contributed by atoms with van der Waals surface area (Å²) in [5, 5.41) is 11.7. The second-order valence-electron chi connectivity index (χ2n) is 5.45. The highest BCUT2D eigenvalue weighted by molar-refractivity contribution is 5.94. The third-order valence-corrected chi connectivity index (χ3v) is 3.66. The van der Waals surface area contributed by atoms with Crippen molar-refractivity contribution in [1.82, 2.24) is 5.32 Å².